The van der Waals surface area contributed by atoms with Crippen LogP contribution in [0.15, 0.2) is 24.3 Å². The van der Waals surface area contributed by atoms with Crippen molar-refractivity contribution in [2.45, 2.75) is 72.8 Å². The van der Waals surface area contributed by atoms with Gasteiger partial charge in [0.05, 0.1) is 0 Å². The standard InChI is InChI=1S/C19H31NO/c1-7-15-8-10-16(11-9-15)12-13-17(21)20-19(5,6)14-18(2,3)4/h8-11H,7,12-14H2,1-6H3,(H,20,21). The van der Waals surface area contributed by atoms with Crippen molar-refractivity contribution in [3.8, 4) is 0 Å². The van der Waals surface area contributed by atoms with Crippen molar-refractivity contribution in [2.75, 3.05) is 0 Å². The van der Waals surface area contributed by atoms with Crippen LogP contribution >= 0.6 is 0 Å². The lowest BCUT2D eigenvalue weighted by Crippen LogP contribution is -2.45. The molecule has 1 N–H and O–H groups in total. The third-order valence-corrected chi connectivity index (χ3v) is 3.52. The minimum Gasteiger partial charge on any atom is -0.351 e. The van der Waals surface area contributed by atoms with E-state index in [1.807, 2.05) is 0 Å². The zero-order valence-electron chi connectivity index (χ0n) is 14.5. The first-order chi connectivity index (χ1) is 9.61. The van der Waals surface area contributed by atoms with Crippen LogP contribution in [0.25, 0.3) is 0 Å². The van der Waals surface area contributed by atoms with Crippen molar-refractivity contribution in [1.82, 2.24) is 5.32 Å². The fourth-order valence-electron chi connectivity index (χ4n) is 3.01. The second kappa shape index (κ2) is 7.11. The lowest BCUT2D eigenvalue weighted by Gasteiger charge is -2.33. The van der Waals surface area contributed by atoms with E-state index in [9.17, 15) is 4.79 Å². The van der Waals surface area contributed by atoms with Gasteiger partial charge in [0.1, 0.15) is 0 Å². The number of benzene rings is 1. The molecule has 0 fully saturated rings. The number of carbonyl (C=O) groups excluding carboxylic acids is 1. The van der Waals surface area contributed by atoms with Gasteiger partial charge in [-0.3, -0.25) is 4.79 Å². The van der Waals surface area contributed by atoms with Gasteiger partial charge in [-0.2, -0.15) is 0 Å². The van der Waals surface area contributed by atoms with Crippen LogP contribution in [0.4, 0.5) is 0 Å². The normalized spacial score (nSPS) is 12.3. The molecule has 21 heavy (non-hydrogen) atoms. The van der Waals surface area contributed by atoms with E-state index in [0.29, 0.717) is 6.42 Å². The average molecular weight is 289 g/mol. The summed E-state index contributed by atoms with van der Waals surface area (Å²) in [6.45, 7) is 13.0. The van der Waals surface area contributed by atoms with Gasteiger partial charge >= 0.3 is 0 Å². The van der Waals surface area contributed by atoms with Gasteiger partial charge in [0.2, 0.25) is 5.91 Å². The lowest BCUT2D eigenvalue weighted by molar-refractivity contribution is -0.122. The van der Waals surface area contributed by atoms with Gasteiger partial charge in [0.25, 0.3) is 0 Å². The Morgan fingerprint density at radius 2 is 1.52 bits per heavy atom. The number of aryl methyl sites for hydroxylation is 2. The summed E-state index contributed by atoms with van der Waals surface area (Å²) in [6.07, 6.45) is 3.39. The molecule has 0 radical (unpaired) electrons. The largest absolute Gasteiger partial charge is 0.351 e. The van der Waals surface area contributed by atoms with Gasteiger partial charge in [-0.05, 0) is 49.7 Å². The molecule has 0 saturated heterocycles. The Morgan fingerprint density at radius 3 is 2.00 bits per heavy atom. The topological polar surface area (TPSA) is 29.1 Å². The van der Waals surface area contributed by atoms with E-state index >= 15 is 0 Å². The second-order valence-electron chi connectivity index (χ2n) is 7.84. The van der Waals surface area contributed by atoms with Gasteiger partial charge in [-0.15, -0.1) is 0 Å². The summed E-state index contributed by atoms with van der Waals surface area (Å²) in [5.41, 5.74) is 2.64. The molecule has 0 aliphatic rings. The average Bonchev–Trinajstić information content (AvgIpc) is 2.33. The van der Waals surface area contributed by atoms with Crippen molar-refractivity contribution in [2.24, 2.45) is 5.41 Å². The summed E-state index contributed by atoms with van der Waals surface area (Å²) in [5.74, 6) is 0.142. The molecule has 2 nitrogen and oxygen atoms in total. The lowest BCUT2D eigenvalue weighted by atomic mass is 9.81. The van der Waals surface area contributed by atoms with Crippen molar-refractivity contribution >= 4 is 5.91 Å². The number of rotatable bonds is 6. The first kappa shape index (κ1) is 17.7. The molecule has 0 saturated carbocycles. The fraction of sp³-hybridized carbons (Fsp3) is 0.632. The summed E-state index contributed by atoms with van der Waals surface area (Å²) in [7, 11) is 0. The Bertz CT molecular complexity index is 451. The Balaban J connectivity index is 2.46. The minimum absolute atomic E-state index is 0.142. The molecular formula is C19H31NO. The van der Waals surface area contributed by atoms with Gasteiger partial charge in [0.15, 0.2) is 0 Å². The number of nitrogens with one attached hydrogen (secondary N) is 1. The molecule has 118 valence electrons. The van der Waals surface area contributed by atoms with Crippen molar-refractivity contribution in [1.29, 1.82) is 0 Å². The molecule has 0 unspecified atom stereocenters. The highest BCUT2D eigenvalue weighted by Crippen LogP contribution is 2.26. The molecule has 1 aromatic rings. The van der Waals surface area contributed by atoms with Crippen molar-refractivity contribution in [3.63, 3.8) is 0 Å². The van der Waals surface area contributed by atoms with Gasteiger partial charge in [-0.25, -0.2) is 0 Å². The molecule has 0 spiro atoms. The van der Waals surface area contributed by atoms with Crippen LogP contribution in [0, 0.1) is 5.41 Å². The quantitative estimate of drug-likeness (QED) is 0.820. The molecule has 1 rings (SSSR count). The second-order valence-corrected chi connectivity index (χ2v) is 7.84. The maximum atomic E-state index is 12.1. The monoisotopic (exact) mass is 289 g/mol. The summed E-state index contributed by atoms with van der Waals surface area (Å²) in [6, 6.07) is 8.56. The number of hydrogen-bond acceptors (Lipinski definition) is 1. The Hall–Kier alpha value is -1.31. The maximum absolute atomic E-state index is 12.1. The molecule has 0 heterocycles. The Morgan fingerprint density at radius 1 is 1.00 bits per heavy atom. The van der Waals surface area contributed by atoms with Crippen LogP contribution in [0.3, 0.4) is 0 Å². The Labute approximate surface area is 130 Å². The van der Waals surface area contributed by atoms with E-state index < -0.39 is 0 Å². The van der Waals surface area contributed by atoms with E-state index in [4.69, 9.17) is 0 Å². The predicted octanol–water partition coefficient (Wildman–Crippen LogP) is 4.51. The van der Waals surface area contributed by atoms with Crippen LogP contribution in [-0.4, -0.2) is 11.4 Å². The van der Waals surface area contributed by atoms with E-state index in [-0.39, 0.29) is 16.9 Å². The van der Waals surface area contributed by atoms with Gasteiger partial charge in [0, 0.05) is 12.0 Å². The number of hydrogen-bond donors (Lipinski definition) is 1. The zero-order valence-corrected chi connectivity index (χ0v) is 14.5. The Kier molecular flexibility index (Phi) is 6.00. The molecular weight excluding hydrogens is 258 g/mol. The van der Waals surface area contributed by atoms with Crippen LogP contribution in [0.1, 0.15) is 65.5 Å². The molecule has 0 aliphatic carbocycles. The molecule has 2 heteroatoms. The first-order valence-electron chi connectivity index (χ1n) is 8.00. The third-order valence-electron chi connectivity index (χ3n) is 3.52. The van der Waals surface area contributed by atoms with E-state index in [2.05, 4.69) is 71.1 Å². The molecule has 1 aromatic carbocycles. The maximum Gasteiger partial charge on any atom is 0.220 e. The minimum atomic E-state index is -0.151. The molecule has 0 atom stereocenters. The van der Waals surface area contributed by atoms with E-state index in [1.54, 1.807) is 0 Å². The highest BCUT2D eigenvalue weighted by molar-refractivity contribution is 5.77. The molecule has 1 amide bonds. The van der Waals surface area contributed by atoms with Gasteiger partial charge in [-0.1, -0.05) is 52.0 Å². The number of carbonyl (C=O) groups is 1. The first-order valence-corrected chi connectivity index (χ1v) is 8.00. The summed E-state index contributed by atoms with van der Waals surface area (Å²) >= 11 is 0. The fourth-order valence-corrected chi connectivity index (χ4v) is 3.01. The van der Waals surface area contributed by atoms with Crippen LogP contribution < -0.4 is 5.32 Å². The third kappa shape index (κ3) is 7.31. The van der Waals surface area contributed by atoms with Crippen LogP contribution in [0.5, 0.6) is 0 Å². The summed E-state index contributed by atoms with van der Waals surface area (Å²) < 4.78 is 0. The van der Waals surface area contributed by atoms with Crippen molar-refractivity contribution < 1.29 is 4.79 Å². The van der Waals surface area contributed by atoms with Crippen LogP contribution in [0.2, 0.25) is 0 Å². The SMILES string of the molecule is CCc1ccc(CCC(=O)NC(C)(C)CC(C)(C)C)cc1. The highest BCUT2D eigenvalue weighted by atomic mass is 16.1. The molecule has 0 aromatic heterocycles. The summed E-state index contributed by atoms with van der Waals surface area (Å²) in [4.78, 5) is 12.1. The molecule has 0 bridgehead atoms. The number of amides is 1. The highest BCUT2D eigenvalue weighted by Gasteiger charge is 2.26. The van der Waals surface area contributed by atoms with Gasteiger partial charge < -0.3 is 5.32 Å². The van der Waals surface area contributed by atoms with E-state index in [1.165, 1.54) is 11.1 Å². The van der Waals surface area contributed by atoms with Crippen LogP contribution in [-0.2, 0) is 17.6 Å². The van der Waals surface area contributed by atoms with E-state index in [0.717, 1.165) is 19.3 Å². The predicted molar refractivity (Wildman–Crippen MR) is 90.4 cm³/mol. The van der Waals surface area contributed by atoms with Crippen molar-refractivity contribution in [3.05, 3.63) is 35.4 Å². The summed E-state index contributed by atoms with van der Waals surface area (Å²) in [5, 5.41) is 3.17. The zero-order chi connectivity index (χ0) is 16.1. The molecule has 0 aliphatic heterocycles. The smallest absolute Gasteiger partial charge is 0.220 e.